The first-order valence-corrected chi connectivity index (χ1v) is 8.71. The quantitative estimate of drug-likeness (QED) is 0.776. The van der Waals surface area contributed by atoms with Crippen LogP contribution < -0.4 is 0 Å². The second kappa shape index (κ2) is 6.02. The van der Waals surface area contributed by atoms with E-state index in [1.165, 1.54) is 5.56 Å². The van der Waals surface area contributed by atoms with E-state index in [1.807, 2.05) is 23.1 Å². The number of nitrogens with zero attached hydrogens (tertiary/aromatic N) is 3. The summed E-state index contributed by atoms with van der Waals surface area (Å²) in [4.78, 5) is 22.6. The van der Waals surface area contributed by atoms with E-state index in [0.29, 0.717) is 18.3 Å². The highest BCUT2D eigenvalue weighted by atomic mass is 16.5. The third kappa shape index (κ3) is 2.81. The summed E-state index contributed by atoms with van der Waals surface area (Å²) >= 11 is 0. The fourth-order valence-electron chi connectivity index (χ4n) is 3.63. The number of piperidine rings is 1. The van der Waals surface area contributed by atoms with Crippen LogP contribution in [0.3, 0.4) is 0 Å². The molecule has 0 aliphatic carbocycles. The first-order valence-electron chi connectivity index (χ1n) is 8.71. The van der Waals surface area contributed by atoms with Gasteiger partial charge in [0.15, 0.2) is 5.82 Å². The molecule has 0 spiro atoms. The molecule has 1 unspecified atom stereocenters. The molecule has 1 N–H and O–H groups in total. The SMILES string of the molecule is Cc1nc(C2CCCN(C(=O)c3ccc4[nH]c(C)c(C)c4c3)C2)no1. The zero-order valence-electron chi connectivity index (χ0n) is 14.8. The summed E-state index contributed by atoms with van der Waals surface area (Å²) in [7, 11) is 0. The molecule has 1 amide bonds. The molecule has 1 saturated heterocycles. The molecule has 3 heterocycles. The number of nitrogens with one attached hydrogen (secondary N) is 1. The van der Waals surface area contributed by atoms with Gasteiger partial charge in [-0.15, -0.1) is 0 Å². The van der Waals surface area contributed by atoms with Crippen molar-refractivity contribution in [3.8, 4) is 0 Å². The lowest BCUT2D eigenvalue weighted by atomic mass is 9.96. The Kier molecular flexibility index (Phi) is 3.82. The molecule has 6 heteroatoms. The van der Waals surface area contributed by atoms with Crippen LogP contribution in [0.2, 0.25) is 0 Å². The average molecular weight is 338 g/mol. The number of aryl methyl sites for hydroxylation is 3. The number of likely N-dealkylation sites (tertiary alicyclic amines) is 1. The van der Waals surface area contributed by atoms with E-state index in [4.69, 9.17) is 4.52 Å². The van der Waals surface area contributed by atoms with E-state index in [2.05, 4.69) is 29.0 Å². The summed E-state index contributed by atoms with van der Waals surface area (Å²) in [6.45, 7) is 7.34. The molecule has 1 aliphatic heterocycles. The molecule has 1 aliphatic rings. The number of carbonyl (C=O) groups is 1. The first kappa shape index (κ1) is 15.9. The average Bonchev–Trinajstić information content (AvgIpc) is 3.18. The molecular weight excluding hydrogens is 316 g/mol. The number of hydrogen-bond acceptors (Lipinski definition) is 4. The van der Waals surface area contributed by atoms with E-state index >= 15 is 0 Å². The lowest BCUT2D eigenvalue weighted by molar-refractivity contribution is 0.0704. The topological polar surface area (TPSA) is 75.0 Å². The predicted molar refractivity (Wildman–Crippen MR) is 94.7 cm³/mol. The number of hydrogen-bond donors (Lipinski definition) is 1. The molecule has 0 bridgehead atoms. The van der Waals surface area contributed by atoms with Gasteiger partial charge >= 0.3 is 0 Å². The minimum atomic E-state index is 0.0741. The maximum Gasteiger partial charge on any atom is 0.253 e. The summed E-state index contributed by atoms with van der Waals surface area (Å²) in [5, 5.41) is 5.15. The molecule has 1 atom stereocenters. The number of aromatic nitrogens is 3. The molecule has 2 aromatic heterocycles. The van der Waals surface area contributed by atoms with Gasteiger partial charge in [-0.3, -0.25) is 4.79 Å². The van der Waals surface area contributed by atoms with Crippen molar-refractivity contribution in [2.45, 2.75) is 39.5 Å². The number of rotatable bonds is 2. The first-order chi connectivity index (χ1) is 12.0. The van der Waals surface area contributed by atoms with Crippen molar-refractivity contribution in [1.29, 1.82) is 0 Å². The second-order valence-corrected chi connectivity index (χ2v) is 6.90. The van der Waals surface area contributed by atoms with Crippen molar-refractivity contribution >= 4 is 16.8 Å². The molecule has 6 nitrogen and oxygen atoms in total. The molecule has 0 radical (unpaired) electrons. The van der Waals surface area contributed by atoms with Crippen molar-refractivity contribution in [2.75, 3.05) is 13.1 Å². The van der Waals surface area contributed by atoms with Crippen LogP contribution in [0.5, 0.6) is 0 Å². The Labute approximate surface area is 146 Å². The largest absolute Gasteiger partial charge is 0.358 e. The zero-order valence-corrected chi connectivity index (χ0v) is 14.8. The monoisotopic (exact) mass is 338 g/mol. The van der Waals surface area contributed by atoms with E-state index in [-0.39, 0.29) is 11.8 Å². The van der Waals surface area contributed by atoms with Crippen molar-refractivity contribution in [3.63, 3.8) is 0 Å². The fourth-order valence-corrected chi connectivity index (χ4v) is 3.63. The predicted octanol–water partition coefficient (Wildman–Crippen LogP) is 3.50. The number of H-pyrrole nitrogens is 1. The lowest BCUT2D eigenvalue weighted by Crippen LogP contribution is -2.39. The number of fused-ring (bicyclic) bond motifs is 1. The van der Waals surface area contributed by atoms with Gasteiger partial charge in [-0.25, -0.2) is 0 Å². The van der Waals surface area contributed by atoms with Gasteiger partial charge in [0.1, 0.15) is 0 Å². The Morgan fingerprint density at radius 1 is 1.32 bits per heavy atom. The summed E-state index contributed by atoms with van der Waals surface area (Å²) in [5.74, 6) is 1.50. The molecule has 1 fully saturated rings. The molecule has 130 valence electrons. The van der Waals surface area contributed by atoms with E-state index in [9.17, 15) is 4.79 Å². The van der Waals surface area contributed by atoms with Gasteiger partial charge in [-0.05, 0) is 50.5 Å². The van der Waals surface area contributed by atoms with E-state index in [0.717, 1.165) is 41.5 Å². The Morgan fingerprint density at radius 2 is 2.16 bits per heavy atom. The minimum Gasteiger partial charge on any atom is -0.358 e. The maximum absolute atomic E-state index is 13.0. The fraction of sp³-hybridized carbons (Fsp3) is 0.421. The Hall–Kier alpha value is -2.63. The minimum absolute atomic E-state index is 0.0741. The van der Waals surface area contributed by atoms with Crippen LogP contribution in [0.4, 0.5) is 0 Å². The molecule has 0 saturated carbocycles. The van der Waals surface area contributed by atoms with Crippen LogP contribution in [-0.4, -0.2) is 39.0 Å². The smallest absolute Gasteiger partial charge is 0.253 e. The number of amides is 1. The van der Waals surface area contributed by atoms with Crippen LogP contribution in [0.25, 0.3) is 10.9 Å². The molecule has 3 aromatic rings. The Morgan fingerprint density at radius 3 is 2.92 bits per heavy atom. The van der Waals surface area contributed by atoms with Crippen molar-refractivity contribution in [3.05, 3.63) is 46.7 Å². The highest BCUT2D eigenvalue weighted by molar-refractivity contribution is 5.99. The van der Waals surface area contributed by atoms with E-state index < -0.39 is 0 Å². The van der Waals surface area contributed by atoms with Gasteiger partial charge in [0.2, 0.25) is 5.89 Å². The van der Waals surface area contributed by atoms with Crippen molar-refractivity contribution in [2.24, 2.45) is 0 Å². The van der Waals surface area contributed by atoms with Gasteiger partial charge < -0.3 is 14.4 Å². The van der Waals surface area contributed by atoms with Gasteiger partial charge in [-0.2, -0.15) is 4.98 Å². The van der Waals surface area contributed by atoms with Crippen molar-refractivity contribution < 1.29 is 9.32 Å². The summed E-state index contributed by atoms with van der Waals surface area (Å²) in [5.41, 5.74) is 4.15. The molecule has 25 heavy (non-hydrogen) atoms. The van der Waals surface area contributed by atoms with Crippen LogP contribution in [-0.2, 0) is 0 Å². The Balaban J connectivity index is 1.58. The molecule has 1 aromatic carbocycles. The van der Waals surface area contributed by atoms with Crippen LogP contribution in [0.1, 0.15) is 52.1 Å². The normalized spacial score (nSPS) is 18.0. The zero-order chi connectivity index (χ0) is 17.6. The highest BCUT2D eigenvalue weighted by Gasteiger charge is 2.28. The highest BCUT2D eigenvalue weighted by Crippen LogP contribution is 2.27. The van der Waals surface area contributed by atoms with Crippen LogP contribution in [0.15, 0.2) is 22.7 Å². The number of aromatic amines is 1. The third-order valence-electron chi connectivity index (χ3n) is 5.17. The Bertz CT molecular complexity index is 940. The van der Waals surface area contributed by atoms with Crippen molar-refractivity contribution in [1.82, 2.24) is 20.0 Å². The van der Waals surface area contributed by atoms with Gasteiger partial charge in [-0.1, -0.05) is 5.16 Å². The van der Waals surface area contributed by atoms with Gasteiger partial charge in [0.25, 0.3) is 5.91 Å². The summed E-state index contributed by atoms with van der Waals surface area (Å²) in [6, 6.07) is 5.90. The van der Waals surface area contributed by atoms with Gasteiger partial charge in [0, 0.05) is 48.1 Å². The third-order valence-corrected chi connectivity index (χ3v) is 5.17. The second-order valence-electron chi connectivity index (χ2n) is 6.90. The maximum atomic E-state index is 13.0. The molecule has 4 rings (SSSR count). The standard InChI is InChI=1S/C19H22N4O2/c1-11-12(2)20-17-7-6-14(9-16(11)17)19(24)23-8-4-5-15(10-23)18-21-13(3)25-22-18/h6-7,9,15,20H,4-5,8,10H2,1-3H3. The van der Waals surface area contributed by atoms with E-state index in [1.54, 1.807) is 6.92 Å². The van der Waals surface area contributed by atoms with Gasteiger partial charge in [0.05, 0.1) is 0 Å². The lowest BCUT2D eigenvalue weighted by Gasteiger charge is -2.31. The summed E-state index contributed by atoms with van der Waals surface area (Å²) in [6.07, 6.45) is 1.94. The summed E-state index contributed by atoms with van der Waals surface area (Å²) < 4.78 is 5.09. The number of benzene rings is 1. The number of carbonyl (C=O) groups excluding carboxylic acids is 1. The molecular formula is C19H22N4O2. The van der Waals surface area contributed by atoms with Crippen LogP contribution in [0, 0.1) is 20.8 Å². The van der Waals surface area contributed by atoms with Crippen LogP contribution >= 0.6 is 0 Å².